The highest BCUT2D eigenvalue weighted by atomic mass is 16.5. The van der Waals surface area contributed by atoms with Gasteiger partial charge in [-0.2, -0.15) is 0 Å². The van der Waals surface area contributed by atoms with Crippen LogP contribution >= 0.6 is 0 Å². The van der Waals surface area contributed by atoms with Gasteiger partial charge in [0.05, 0.1) is 0 Å². The van der Waals surface area contributed by atoms with Crippen LogP contribution in [0.4, 0.5) is 0 Å². The Morgan fingerprint density at radius 2 is 1.00 bits per heavy atom. The molecule has 10 rings (SSSR count). The largest absolute Gasteiger partial charge is 0.456 e. The van der Waals surface area contributed by atoms with Crippen molar-refractivity contribution in [1.82, 2.24) is 0 Å². The van der Waals surface area contributed by atoms with Gasteiger partial charge in [-0.3, -0.25) is 0 Å². The average Bonchev–Trinajstić information content (AvgIpc) is 3.14. The van der Waals surface area contributed by atoms with E-state index in [1.54, 1.807) is 0 Å². The predicted molar refractivity (Wildman–Crippen MR) is 198 cm³/mol. The number of benzene rings is 9. The Bertz CT molecular complexity index is 2700. The maximum atomic E-state index is 6.56. The standard InChI is InChI=1S/C46H28O/c1-2-10-29(11-3-1)36-23-25-44-46-38(36)18-9-19-39(46)42-27-32(21-24-43(42)47-44)31-14-8-15-34(26-31)45-37-17-7-5-13-33(37)28-41-35-16-6-4-12-30(35)20-22-40(41)45/h1-28H. The molecule has 0 unspecified atom stereocenters. The molecule has 0 saturated carbocycles. The Hall–Kier alpha value is -6.18. The van der Waals surface area contributed by atoms with E-state index in [2.05, 4.69) is 170 Å². The van der Waals surface area contributed by atoms with Gasteiger partial charge in [0.25, 0.3) is 0 Å². The van der Waals surface area contributed by atoms with Gasteiger partial charge in [-0.05, 0) is 107 Å². The fraction of sp³-hybridized carbons (Fsp3) is 0. The van der Waals surface area contributed by atoms with Crippen molar-refractivity contribution in [3.05, 3.63) is 170 Å². The Kier molecular flexibility index (Phi) is 5.64. The quantitative estimate of drug-likeness (QED) is 0.146. The third-order valence-corrected chi connectivity index (χ3v) is 9.83. The predicted octanol–water partition coefficient (Wildman–Crippen LogP) is 13.1. The first kappa shape index (κ1) is 26.1. The fourth-order valence-corrected chi connectivity index (χ4v) is 7.67. The zero-order chi connectivity index (χ0) is 30.9. The maximum absolute atomic E-state index is 6.56. The van der Waals surface area contributed by atoms with Gasteiger partial charge < -0.3 is 4.74 Å². The van der Waals surface area contributed by atoms with Gasteiger partial charge in [-0.25, -0.2) is 0 Å². The Labute approximate surface area is 272 Å². The van der Waals surface area contributed by atoms with Crippen LogP contribution in [-0.2, 0) is 0 Å². The van der Waals surface area contributed by atoms with Crippen LogP contribution in [0, 0.1) is 0 Å². The molecule has 0 radical (unpaired) electrons. The number of hydrogen-bond acceptors (Lipinski definition) is 1. The molecule has 0 atom stereocenters. The molecular weight excluding hydrogens is 569 g/mol. The van der Waals surface area contributed by atoms with E-state index in [4.69, 9.17) is 4.74 Å². The van der Waals surface area contributed by atoms with E-state index < -0.39 is 0 Å². The second-order valence-electron chi connectivity index (χ2n) is 12.5. The molecular formula is C46H28O. The lowest BCUT2D eigenvalue weighted by atomic mass is 9.87. The molecule has 0 saturated heterocycles. The third-order valence-electron chi connectivity index (χ3n) is 9.83. The van der Waals surface area contributed by atoms with Gasteiger partial charge in [0.1, 0.15) is 11.5 Å². The van der Waals surface area contributed by atoms with E-state index in [0.29, 0.717) is 0 Å². The van der Waals surface area contributed by atoms with Crippen molar-refractivity contribution in [3.63, 3.8) is 0 Å². The highest BCUT2D eigenvalue weighted by Gasteiger charge is 2.22. The van der Waals surface area contributed by atoms with Crippen molar-refractivity contribution in [3.8, 4) is 56.0 Å². The lowest BCUT2D eigenvalue weighted by Gasteiger charge is -2.23. The van der Waals surface area contributed by atoms with Crippen molar-refractivity contribution < 1.29 is 4.74 Å². The SMILES string of the molecule is c1ccc(-c2ccc3c4c(cccc24)-c2cc(-c4cccc(-c5c6ccccc6cc6c5ccc5ccccc56)c4)ccc2O3)cc1. The summed E-state index contributed by atoms with van der Waals surface area (Å²) in [6.07, 6.45) is 0. The summed E-state index contributed by atoms with van der Waals surface area (Å²) in [7, 11) is 0. The van der Waals surface area contributed by atoms with Crippen molar-refractivity contribution in [1.29, 1.82) is 0 Å². The van der Waals surface area contributed by atoms with Crippen LogP contribution in [0.5, 0.6) is 11.5 Å². The summed E-state index contributed by atoms with van der Waals surface area (Å²) in [5.74, 6) is 1.80. The molecule has 1 aliphatic heterocycles. The minimum atomic E-state index is 0.893. The van der Waals surface area contributed by atoms with Crippen molar-refractivity contribution in [2.24, 2.45) is 0 Å². The zero-order valence-electron chi connectivity index (χ0n) is 25.6. The number of hydrogen-bond donors (Lipinski definition) is 0. The first-order valence-electron chi connectivity index (χ1n) is 16.2. The Morgan fingerprint density at radius 3 is 1.91 bits per heavy atom. The molecule has 1 heteroatoms. The van der Waals surface area contributed by atoms with Gasteiger partial charge in [0.2, 0.25) is 0 Å². The molecule has 1 aliphatic rings. The van der Waals surface area contributed by atoms with E-state index >= 15 is 0 Å². The highest BCUT2D eigenvalue weighted by Crippen LogP contribution is 2.50. The van der Waals surface area contributed by atoms with Crippen LogP contribution < -0.4 is 4.74 Å². The van der Waals surface area contributed by atoms with Gasteiger partial charge in [0, 0.05) is 10.9 Å². The summed E-state index contributed by atoms with van der Waals surface area (Å²) < 4.78 is 6.56. The molecule has 0 aliphatic carbocycles. The fourth-order valence-electron chi connectivity index (χ4n) is 7.67. The van der Waals surface area contributed by atoms with Crippen LogP contribution in [0.15, 0.2) is 170 Å². The van der Waals surface area contributed by atoms with Gasteiger partial charge >= 0.3 is 0 Å². The van der Waals surface area contributed by atoms with E-state index in [-0.39, 0.29) is 0 Å². The summed E-state index contributed by atoms with van der Waals surface area (Å²) in [4.78, 5) is 0. The minimum absolute atomic E-state index is 0.893. The number of ether oxygens (including phenoxy) is 1. The first-order chi connectivity index (χ1) is 23.3. The van der Waals surface area contributed by atoms with Gasteiger partial charge in [-0.15, -0.1) is 0 Å². The molecule has 1 nitrogen and oxygen atoms in total. The third kappa shape index (κ3) is 4.03. The summed E-state index contributed by atoms with van der Waals surface area (Å²) in [5, 5.41) is 10.0. The molecule has 1 heterocycles. The molecule has 0 aromatic heterocycles. The summed E-state index contributed by atoms with van der Waals surface area (Å²) in [5.41, 5.74) is 9.61. The molecule has 9 aromatic rings. The van der Waals surface area contributed by atoms with E-state index in [0.717, 1.165) is 17.1 Å². The minimum Gasteiger partial charge on any atom is -0.456 e. The molecule has 9 aromatic carbocycles. The van der Waals surface area contributed by atoms with Crippen molar-refractivity contribution in [2.45, 2.75) is 0 Å². The second kappa shape index (κ2) is 10.2. The topological polar surface area (TPSA) is 9.23 Å². The Balaban J connectivity index is 1.15. The lowest BCUT2D eigenvalue weighted by Crippen LogP contribution is -1.98. The van der Waals surface area contributed by atoms with Crippen LogP contribution in [0.3, 0.4) is 0 Å². The molecule has 0 bridgehead atoms. The van der Waals surface area contributed by atoms with E-state index in [1.807, 2.05) is 0 Å². The van der Waals surface area contributed by atoms with Crippen LogP contribution in [0.25, 0.3) is 87.6 Å². The Morgan fingerprint density at radius 1 is 0.298 bits per heavy atom. The normalized spacial score (nSPS) is 12.0. The van der Waals surface area contributed by atoms with Crippen LogP contribution in [0.2, 0.25) is 0 Å². The molecule has 47 heavy (non-hydrogen) atoms. The number of fused-ring (bicyclic) bond motifs is 6. The monoisotopic (exact) mass is 596 g/mol. The smallest absolute Gasteiger partial charge is 0.135 e. The highest BCUT2D eigenvalue weighted by molar-refractivity contribution is 6.20. The summed E-state index contributed by atoms with van der Waals surface area (Å²) in [6.45, 7) is 0. The summed E-state index contributed by atoms with van der Waals surface area (Å²) in [6, 6.07) is 61.5. The maximum Gasteiger partial charge on any atom is 0.135 e. The second-order valence-corrected chi connectivity index (χ2v) is 12.5. The molecule has 0 amide bonds. The van der Waals surface area contributed by atoms with Crippen molar-refractivity contribution in [2.75, 3.05) is 0 Å². The van der Waals surface area contributed by atoms with Crippen LogP contribution in [-0.4, -0.2) is 0 Å². The lowest BCUT2D eigenvalue weighted by molar-refractivity contribution is 0.487. The molecule has 0 N–H and O–H groups in total. The average molecular weight is 597 g/mol. The van der Waals surface area contributed by atoms with Crippen molar-refractivity contribution >= 4 is 43.1 Å². The van der Waals surface area contributed by atoms with E-state index in [9.17, 15) is 0 Å². The molecule has 0 fully saturated rings. The van der Waals surface area contributed by atoms with Gasteiger partial charge in [0.15, 0.2) is 0 Å². The number of rotatable bonds is 3. The van der Waals surface area contributed by atoms with Gasteiger partial charge in [-0.1, -0.05) is 140 Å². The summed E-state index contributed by atoms with van der Waals surface area (Å²) >= 11 is 0. The molecule has 0 spiro atoms. The van der Waals surface area contributed by atoms with Crippen LogP contribution in [0.1, 0.15) is 0 Å². The molecule has 218 valence electrons. The first-order valence-corrected chi connectivity index (χ1v) is 16.2. The van der Waals surface area contributed by atoms with E-state index in [1.165, 1.54) is 82.0 Å². The zero-order valence-corrected chi connectivity index (χ0v) is 25.6.